The number of nitrogens with one attached hydrogen (secondary N) is 1. The van der Waals surface area contributed by atoms with Crippen LogP contribution in [0.4, 0.5) is 0 Å². The van der Waals surface area contributed by atoms with Gasteiger partial charge in [0.2, 0.25) is 0 Å². The van der Waals surface area contributed by atoms with E-state index in [2.05, 4.69) is 24.1 Å². The van der Waals surface area contributed by atoms with Crippen LogP contribution in [0.1, 0.15) is 58.8 Å². The van der Waals surface area contributed by atoms with E-state index >= 15 is 0 Å². The van der Waals surface area contributed by atoms with Crippen molar-refractivity contribution >= 4 is 0 Å². The average molecular weight is 238 g/mol. The maximum absolute atomic E-state index is 3.85. The largest absolute Gasteiger partial charge is 0.312 e. The lowest BCUT2D eigenvalue weighted by Gasteiger charge is -2.25. The number of likely N-dealkylation sites (N-methyl/N-ethyl adjacent to an activating group) is 1. The summed E-state index contributed by atoms with van der Waals surface area (Å²) in [4.78, 5) is 2.65. The summed E-state index contributed by atoms with van der Waals surface area (Å²) in [5.41, 5.74) is 0. The van der Waals surface area contributed by atoms with E-state index in [1.807, 2.05) is 0 Å². The van der Waals surface area contributed by atoms with Crippen LogP contribution >= 0.6 is 0 Å². The van der Waals surface area contributed by atoms with Crippen LogP contribution in [0, 0.1) is 5.92 Å². The fourth-order valence-electron chi connectivity index (χ4n) is 3.54. The maximum Gasteiger partial charge on any atom is 0.0221 e. The highest BCUT2D eigenvalue weighted by atomic mass is 15.2. The Morgan fingerprint density at radius 2 is 1.94 bits per heavy atom. The Kier molecular flexibility index (Phi) is 5.30. The summed E-state index contributed by atoms with van der Waals surface area (Å²) in [5.74, 6) is 0.959. The third-order valence-corrected chi connectivity index (χ3v) is 4.80. The highest BCUT2D eigenvalue weighted by Crippen LogP contribution is 2.23. The normalized spacial score (nSPS) is 36.0. The highest BCUT2D eigenvalue weighted by molar-refractivity contribution is 4.82. The molecule has 0 bridgehead atoms. The van der Waals surface area contributed by atoms with Gasteiger partial charge in [0.1, 0.15) is 0 Å². The van der Waals surface area contributed by atoms with Crippen LogP contribution in [0.25, 0.3) is 0 Å². The minimum atomic E-state index is 0.805. The molecule has 100 valence electrons. The second kappa shape index (κ2) is 6.75. The third-order valence-electron chi connectivity index (χ3n) is 4.80. The van der Waals surface area contributed by atoms with Crippen LogP contribution in [0.2, 0.25) is 0 Å². The van der Waals surface area contributed by atoms with Crippen LogP contribution in [0.3, 0.4) is 0 Å². The smallest absolute Gasteiger partial charge is 0.0221 e. The zero-order valence-electron chi connectivity index (χ0n) is 11.8. The van der Waals surface area contributed by atoms with Gasteiger partial charge in [0.25, 0.3) is 0 Å². The van der Waals surface area contributed by atoms with Crippen molar-refractivity contribution in [3.05, 3.63) is 0 Å². The van der Waals surface area contributed by atoms with Gasteiger partial charge >= 0.3 is 0 Å². The molecular formula is C15H30N2. The molecule has 2 nitrogen and oxygen atoms in total. The molecule has 0 aromatic carbocycles. The third kappa shape index (κ3) is 3.96. The molecule has 2 fully saturated rings. The van der Waals surface area contributed by atoms with Gasteiger partial charge in [0, 0.05) is 18.6 Å². The Hall–Kier alpha value is -0.0800. The van der Waals surface area contributed by atoms with E-state index in [9.17, 15) is 0 Å². The fourth-order valence-corrected chi connectivity index (χ4v) is 3.54. The molecule has 1 saturated carbocycles. The van der Waals surface area contributed by atoms with Gasteiger partial charge < -0.3 is 5.32 Å². The molecular weight excluding hydrogens is 208 g/mol. The van der Waals surface area contributed by atoms with Crippen molar-refractivity contribution in [2.45, 2.75) is 70.9 Å². The van der Waals surface area contributed by atoms with E-state index in [1.165, 1.54) is 64.6 Å². The summed E-state index contributed by atoms with van der Waals surface area (Å²) in [6.07, 6.45) is 9.93. The quantitative estimate of drug-likeness (QED) is 0.757. The van der Waals surface area contributed by atoms with Crippen molar-refractivity contribution < 1.29 is 0 Å². The molecule has 1 N–H and O–H groups in total. The second-order valence-corrected chi connectivity index (χ2v) is 6.14. The molecule has 2 aliphatic rings. The van der Waals surface area contributed by atoms with E-state index in [0.717, 1.165) is 18.0 Å². The summed E-state index contributed by atoms with van der Waals surface area (Å²) in [7, 11) is 0. The van der Waals surface area contributed by atoms with Crippen molar-refractivity contribution in [2.24, 2.45) is 5.92 Å². The summed E-state index contributed by atoms with van der Waals surface area (Å²) < 4.78 is 0. The van der Waals surface area contributed by atoms with Crippen LogP contribution in [0.5, 0.6) is 0 Å². The molecule has 0 aromatic rings. The van der Waals surface area contributed by atoms with E-state index in [-0.39, 0.29) is 0 Å². The Labute approximate surface area is 107 Å². The molecule has 1 aliphatic carbocycles. The average Bonchev–Trinajstić information content (AvgIpc) is 2.69. The van der Waals surface area contributed by atoms with E-state index in [1.54, 1.807) is 0 Å². The van der Waals surface area contributed by atoms with Gasteiger partial charge in [-0.05, 0) is 51.1 Å². The van der Waals surface area contributed by atoms with E-state index < -0.39 is 0 Å². The van der Waals surface area contributed by atoms with Crippen molar-refractivity contribution in [2.75, 3.05) is 19.6 Å². The molecule has 0 amide bonds. The number of hydrogen-bond acceptors (Lipinski definition) is 2. The molecule has 3 atom stereocenters. The Morgan fingerprint density at radius 3 is 2.76 bits per heavy atom. The van der Waals surface area contributed by atoms with Gasteiger partial charge in [0.05, 0.1) is 0 Å². The zero-order chi connectivity index (χ0) is 12.1. The Bertz CT molecular complexity index is 217. The molecule has 3 unspecified atom stereocenters. The first kappa shape index (κ1) is 13.4. The number of rotatable bonds is 4. The number of likely N-dealkylation sites (tertiary alicyclic amines) is 1. The van der Waals surface area contributed by atoms with Gasteiger partial charge in [-0.3, -0.25) is 4.90 Å². The topological polar surface area (TPSA) is 15.3 Å². The lowest BCUT2D eigenvalue weighted by Crippen LogP contribution is -2.41. The number of nitrogens with zero attached hydrogens (tertiary/aromatic N) is 1. The second-order valence-electron chi connectivity index (χ2n) is 6.14. The fraction of sp³-hybridized carbons (Fsp3) is 1.00. The van der Waals surface area contributed by atoms with Crippen LogP contribution < -0.4 is 5.32 Å². The van der Waals surface area contributed by atoms with Gasteiger partial charge in [-0.25, -0.2) is 0 Å². The van der Waals surface area contributed by atoms with Gasteiger partial charge in [-0.1, -0.05) is 26.7 Å². The Balaban J connectivity index is 1.70. The lowest BCUT2D eigenvalue weighted by molar-refractivity contribution is 0.250. The van der Waals surface area contributed by atoms with Crippen LogP contribution in [-0.2, 0) is 0 Å². The Morgan fingerprint density at radius 1 is 1.06 bits per heavy atom. The predicted molar refractivity (Wildman–Crippen MR) is 74.3 cm³/mol. The monoisotopic (exact) mass is 238 g/mol. The molecule has 17 heavy (non-hydrogen) atoms. The minimum absolute atomic E-state index is 0.805. The van der Waals surface area contributed by atoms with Crippen LogP contribution in [-0.4, -0.2) is 36.6 Å². The molecule has 1 heterocycles. The predicted octanol–water partition coefficient (Wildman–Crippen LogP) is 3.03. The van der Waals surface area contributed by atoms with Gasteiger partial charge in [-0.15, -0.1) is 0 Å². The van der Waals surface area contributed by atoms with Crippen molar-refractivity contribution in [3.8, 4) is 0 Å². The van der Waals surface area contributed by atoms with E-state index in [4.69, 9.17) is 0 Å². The summed E-state index contributed by atoms with van der Waals surface area (Å²) >= 11 is 0. The molecule has 0 spiro atoms. The molecule has 1 saturated heterocycles. The summed E-state index contributed by atoms with van der Waals surface area (Å²) in [5, 5.41) is 3.85. The minimum Gasteiger partial charge on any atom is -0.312 e. The van der Waals surface area contributed by atoms with Crippen molar-refractivity contribution in [1.29, 1.82) is 0 Å². The first-order valence-electron chi connectivity index (χ1n) is 7.77. The molecule has 2 rings (SSSR count). The molecule has 0 radical (unpaired) electrons. The lowest BCUT2D eigenvalue weighted by atomic mass is 10.0. The molecule has 0 aromatic heterocycles. The van der Waals surface area contributed by atoms with Gasteiger partial charge in [0.15, 0.2) is 0 Å². The van der Waals surface area contributed by atoms with Crippen molar-refractivity contribution in [3.63, 3.8) is 0 Å². The standard InChI is InChI=1S/C15H30N2/c1-3-17-11-5-8-15(17)12-16-14-7-4-6-13(2)9-10-14/h13-16H,3-12H2,1-2H3. The first-order chi connectivity index (χ1) is 8.29. The SMILES string of the molecule is CCN1CCCC1CNC1CCCC(C)CC1. The number of hydrogen-bond donors (Lipinski definition) is 1. The highest BCUT2D eigenvalue weighted by Gasteiger charge is 2.24. The zero-order valence-corrected chi connectivity index (χ0v) is 11.8. The van der Waals surface area contributed by atoms with Crippen molar-refractivity contribution in [1.82, 2.24) is 10.2 Å². The first-order valence-corrected chi connectivity index (χ1v) is 7.77. The molecule has 1 aliphatic heterocycles. The van der Waals surface area contributed by atoms with E-state index in [0.29, 0.717) is 0 Å². The molecule has 2 heteroatoms. The van der Waals surface area contributed by atoms with Crippen LogP contribution in [0.15, 0.2) is 0 Å². The van der Waals surface area contributed by atoms with Gasteiger partial charge in [-0.2, -0.15) is 0 Å². The maximum atomic E-state index is 3.85. The summed E-state index contributed by atoms with van der Waals surface area (Å²) in [6, 6.07) is 1.62. The summed E-state index contributed by atoms with van der Waals surface area (Å²) in [6.45, 7) is 8.50.